The summed E-state index contributed by atoms with van der Waals surface area (Å²) in [6, 6.07) is 6.54. The molecule has 0 saturated carbocycles. The standard InChI is InChI=1S/C19H26F2N4O2/c1-4-16-15(17(5-2)27-25-16)12-24-19(22-6-3)23-11-13-8-7-9-14(10-13)26-18(20)21/h7-10,18H,4-6,11-12H2,1-3H3,(H2,22,23,24). The van der Waals surface area contributed by atoms with E-state index in [0.29, 0.717) is 25.6 Å². The zero-order valence-electron chi connectivity index (χ0n) is 15.9. The molecule has 0 fully saturated rings. The number of benzene rings is 1. The fraction of sp³-hybridized carbons (Fsp3) is 0.474. The highest BCUT2D eigenvalue weighted by atomic mass is 19.3. The van der Waals surface area contributed by atoms with Gasteiger partial charge in [-0.05, 0) is 31.0 Å². The number of nitrogens with zero attached hydrogens (tertiary/aromatic N) is 2. The number of hydrogen-bond donors (Lipinski definition) is 2. The average Bonchev–Trinajstić information content (AvgIpc) is 3.05. The molecule has 0 aliphatic heterocycles. The smallest absolute Gasteiger partial charge is 0.387 e. The van der Waals surface area contributed by atoms with Crippen LogP contribution in [0, 0.1) is 0 Å². The van der Waals surface area contributed by atoms with Crippen molar-refractivity contribution in [2.45, 2.75) is 53.3 Å². The summed E-state index contributed by atoms with van der Waals surface area (Å²) < 4.78 is 34.5. The van der Waals surface area contributed by atoms with Crippen LogP contribution in [0.15, 0.2) is 33.8 Å². The predicted molar refractivity (Wildman–Crippen MR) is 100.0 cm³/mol. The highest BCUT2D eigenvalue weighted by Gasteiger charge is 2.13. The molecule has 0 bridgehead atoms. The Kier molecular flexibility index (Phi) is 8.03. The number of aliphatic imine (C=N–C) groups is 1. The van der Waals surface area contributed by atoms with Gasteiger partial charge in [0.1, 0.15) is 11.5 Å². The van der Waals surface area contributed by atoms with Crippen LogP contribution in [0.2, 0.25) is 0 Å². The minimum absolute atomic E-state index is 0.125. The molecule has 1 aromatic carbocycles. The number of ether oxygens (including phenoxy) is 1. The van der Waals surface area contributed by atoms with Gasteiger partial charge in [0, 0.05) is 25.1 Å². The first-order chi connectivity index (χ1) is 13.1. The quantitative estimate of drug-likeness (QED) is 0.513. The van der Waals surface area contributed by atoms with E-state index < -0.39 is 6.61 Å². The molecule has 6 nitrogen and oxygen atoms in total. The SMILES string of the molecule is CCNC(=NCc1cccc(OC(F)F)c1)NCc1c(CC)noc1CC. The molecule has 0 unspecified atom stereocenters. The van der Waals surface area contributed by atoms with Gasteiger partial charge in [0.15, 0.2) is 5.96 Å². The lowest BCUT2D eigenvalue weighted by Crippen LogP contribution is -2.37. The molecule has 2 aromatic rings. The number of nitrogens with one attached hydrogen (secondary N) is 2. The third kappa shape index (κ3) is 6.23. The highest BCUT2D eigenvalue weighted by molar-refractivity contribution is 5.79. The lowest BCUT2D eigenvalue weighted by molar-refractivity contribution is -0.0498. The molecule has 1 aromatic heterocycles. The Labute approximate surface area is 158 Å². The molecule has 148 valence electrons. The first-order valence-electron chi connectivity index (χ1n) is 9.09. The van der Waals surface area contributed by atoms with Crippen LogP contribution in [-0.4, -0.2) is 24.3 Å². The van der Waals surface area contributed by atoms with Gasteiger partial charge in [-0.15, -0.1) is 0 Å². The van der Waals surface area contributed by atoms with Crippen LogP contribution in [0.25, 0.3) is 0 Å². The Morgan fingerprint density at radius 2 is 2.04 bits per heavy atom. The zero-order chi connectivity index (χ0) is 19.6. The Morgan fingerprint density at radius 1 is 1.22 bits per heavy atom. The number of aromatic nitrogens is 1. The molecule has 1 heterocycles. The van der Waals surface area contributed by atoms with Crippen LogP contribution in [0.4, 0.5) is 8.78 Å². The monoisotopic (exact) mass is 380 g/mol. The van der Waals surface area contributed by atoms with Gasteiger partial charge in [-0.3, -0.25) is 0 Å². The number of alkyl halides is 2. The van der Waals surface area contributed by atoms with Gasteiger partial charge in [0.25, 0.3) is 0 Å². The van der Waals surface area contributed by atoms with E-state index >= 15 is 0 Å². The van der Waals surface area contributed by atoms with Crippen molar-refractivity contribution in [2.24, 2.45) is 4.99 Å². The van der Waals surface area contributed by atoms with E-state index in [2.05, 4.69) is 25.5 Å². The van der Waals surface area contributed by atoms with Gasteiger partial charge >= 0.3 is 6.61 Å². The molecule has 2 rings (SSSR count). The fourth-order valence-corrected chi connectivity index (χ4v) is 2.64. The molecule has 2 N–H and O–H groups in total. The molecule has 0 spiro atoms. The van der Waals surface area contributed by atoms with Crippen molar-refractivity contribution >= 4 is 5.96 Å². The molecule has 27 heavy (non-hydrogen) atoms. The zero-order valence-corrected chi connectivity index (χ0v) is 15.9. The maximum atomic E-state index is 12.3. The average molecular weight is 380 g/mol. The number of halogens is 2. The Bertz CT molecular complexity index is 726. The Morgan fingerprint density at radius 3 is 2.70 bits per heavy atom. The van der Waals surface area contributed by atoms with E-state index in [9.17, 15) is 8.78 Å². The van der Waals surface area contributed by atoms with Gasteiger partial charge in [-0.2, -0.15) is 8.78 Å². The lowest BCUT2D eigenvalue weighted by Gasteiger charge is -2.12. The van der Waals surface area contributed by atoms with Crippen molar-refractivity contribution in [2.75, 3.05) is 6.54 Å². The number of rotatable bonds is 9. The molecular weight excluding hydrogens is 354 g/mol. The summed E-state index contributed by atoms with van der Waals surface area (Å²) >= 11 is 0. The third-order valence-corrected chi connectivity index (χ3v) is 3.93. The van der Waals surface area contributed by atoms with Crippen molar-refractivity contribution in [1.82, 2.24) is 15.8 Å². The maximum absolute atomic E-state index is 12.3. The molecule has 0 radical (unpaired) electrons. The predicted octanol–water partition coefficient (Wildman–Crippen LogP) is 3.66. The number of guanidine groups is 1. The van der Waals surface area contributed by atoms with Gasteiger partial charge in [-0.25, -0.2) is 4.99 Å². The molecular formula is C19H26F2N4O2. The van der Waals surface area contributed by atoms with Crippen molar-refractivity contribution in [3.63, 3.8) is 0 Å². The van der Waals surface area contributed by atoms with E-state index in [-0.39, 0.29) is 5.75 Å². The van der Waals surface area contributed by atoms with Gasteiger partial charge in [0.2, 0.25) is 0 Å². The normalized spacial score (nSPS) is 11.7. The summed E-state index contributed by atoms with van der Waals surface area (Å²) in [6.07, 6.45) is 1.57. The van der Waals surface area contributed by atoms with Crippen LogP contribution in [-0.2, 0) is 25.9 Å². The largest absolute Gasteiger partial charge is 0.435 e. The molecule has 0 amide bonds. The van der Waals surface area contributed by atoms with Crippen molar-refractivity contribution in [3.8, 4) is 5.75 Å². The number of aryl methyl sites for hydroxylation is 2. The van der Waals surface area contributed by atoms with Crippen LogP contribution in [0.5, 0.6) is 5.75 Å². The summed E-state index contributed by atoms with van der Waals surface area (Å²) in [6.45, 7) is 4.78. The van der Waals surface area contributed by atoms with E-state index in [4.69, 9.17) is 4.52 Å². The van der Waals surface area contributed by atoms with Gasteiger partial charge < -0.3 is 19.9 Å². The van der Waals surface area contributed by atoms with Crippen LogP contribution >= 0.6 is 0 Å². The molecule has 8 heteroatoms. The number of hydrogen-bond acceptors (Lipinski definition) is 4. The Hall–Kier alpha value is -2.64. The third-order valence-electron chi connectivity index (χ3n) is 3.93. The van der Waals surface area contributed by atoms with Crippen molar-refractivity contribution < 1.29 is 18.0 Å². The first kappa shape index (κ1) is 20.7. The van der Waals surface area contributed by atoms with Crippen LogP contribution < -0.4 is 15.4 Å². The topological polar surface area (TPSA) is 71.7 Å². The second-order valence-corrected chi connectivity index (χ2v) is 5.81. The fourth-order valence-electron chi connectivity index (χ4n) is 2.64. The van der Waals surface area contributed by atoms with Gasteiger partial charge in [0.05, 0.1) is 12.2 Å². The molecule has 0 atom stereocenters. The van der Waals surface area contributed by atoms with Crippen LogP contribution in [0.1, 0.15) is 43.4 Å². The van der Waals surface area contributed by atoms with Crippen molar-refractivity contribution in [1.29, 1.82) is 0 Å². The van der Waals surface area contributed by atoms with Crippen molar-refractivity contribution in [3.05, 3.63) is 46.8 Å². The maximum Gasteiger partial charge on any atom is 0.387 e. The molecule has 0 saturated heterocycles. The van der Waals surface area contributed by atoms with E-state index in [1.807, 2.05) is 26.8 Å². The molecule has 0 aliphatic rings. The second-order valence-electron chi connectivity index (χ2n) is 5.81. The summed E-state index contributed by atoms with van der Waals surface area (Å²) in [5.74, 6) is 1.62. The summed E-state index contributed by atoms with van der Waals surface area (Å²) in [4.78, 5) is 4.51. The van der Waals surface area contributed by atoms with E-state index in [1.165, 1.54) is 6.07 Å². The van der Waals surface area contributed by atoms with Gasteiger partial charge in [-0.1, -0.05) is 31.1 Å². The Balaban J connectivity index is 2.05. The van der Waals surface area contributed by atoms with E-state index in [1.54, 1.807) is 12.1 Å². The summed E-state index contributed by atoms with van der Waals surface area (Å²) in [5.41, 5.74) is 2.77. The first-order valence-corrected chi connectivity index (χ1v) is 9.09. The lowest BCUT2D eigenvalue weighted by atomic mass is 10.1. The summed E-state index contributed by atoms with van der Waals surface area (Å²) in [7, 11) is 0. The minimum Gasteiger partial charge on any atom is -0.435 e. The van der Waals surface area contributed by atoms with Crippen LogP contribution in [0.3, 0.4) is 0 Å². The summed E-state index contributed by atoms with van der Waals surface area (Å²) in [5, 5.41) is 10.6. The van der Waals surface area contributed by atoms with E-state index in [0.717, 1.165) is 35.4 Å². The second kappa shape index (κ2) is 10.5. The highest BCUT2D eigenvalue weighted by Crippen LogP contribution is 2.17. The molecule has 0 aliphatic carbocycles. The minimum atomic E-state index is -2.84.